The molecule has 2 rings (SSSR count). The van der Waals surface area contributed by atoms with Crippen molar-refractivity contribution >= 4 is 0 Å². The van der Waals surface area contributed by atoms with E-state index in [1.54, 1.807) is 0 Å². The summed E-state index contributed by atoms with van der Waals surface area (Å²) in [5.74, 6) is 0.872. The van der Waals surface area contributed by atoms with Crippen molar-refractivity contribution in [2.75, 3.05) is 0 Å². The number of hydrogen-bond donors (Lipinski definition) is 1. The number of aliphatic hydroxyl groups excluding tert-OH is 1. The first-order valence-corrected chi connectivity index (χ1v) is 7.75. The van der Waals surface area contributed by atoms with Crippen LogP contribution in [0.4, 0.5) is 0 Å². The van der Waals surface area contributed by atoms with E-state index in [-0.39, 0.29) is 12.2 Å². The molecule has 2 heteroatoms. The molecule has 0 aliphatic carbocycles. The second-order valence-electron chi connectivity index (χ2n) is 5.59. The molecular weight excluding hydrogens is 236 g/mol. The fourth-order valence-corrected chi connectivity index (χ4v) is 2.80. The van der Waals surface area contributed by atoms with Crippen molar-refractivity contribution < 1.29 is 9.84 Å². The van der Waals surface area contributed by atoms with E-state index in [0.717, 1.165) is 24.2 Å². The van der Waals surface area contributed by atoms with Gasteiger partial charge in [0.1, 0.15) is 11.9 Å². The maximum absolute atomic E-state index is 10.1. The number of ether oxygens (including phenoxy) is 1. The molecular formula is C17H26O2. The maximum Gasteiger partial charge on any atom is 0.125 e. The van der Waals surface area contributed by atoms with Gasteiger partial charge in [0.05, 0.1) is 6.10 Å². The predicted octanol–water partition coefficient (Wildman–Crippen LogP) is 4.62. The van der Waals surface area contributed by atoms with E-state index in [1.165, 1.54) is 38.5 Å². The highest BCUT2D eigenvalue weighted by atomic mass is 16.5. The van der Waals surface area contributed by atoms with Crippen molar-refractivity contribution in [1.82, 2.24) is 0 Å². The van der Waals surface area contributed by atoms with Gasteiger partial charge in [-0.15, -0.1) is 0 Å². The summed E-state index contributed by atoms with van der Waals surface area (Å²) >= 11 is 0. The number of aliphatic hydroxyl groups is 1. The number of rotatable bonds is 7. The molecule has 0 spiro atoms. The Balaban J connectivity index is 1.72. The van der Waals surface area contributed by atoms with Crippen LogP contribution in [0.15, 0.2) is 24.3 Å². The van der Waals surface area contributed by atoms with Crippen LogP contribution in [-0.4, -0.2) is 11.2 Å². The van der Waals surface area contributed by atoms with E-state index < -0.39 is 0 Å². The number of para-hydroxylation sites is 1. The molecule has 1 aromatic carbocycles. The second kappa shape index (κ2) is 7.54. The molecule has 1 N–H and O–H groups in total. The minimum atomic E-state index is -0.352. The third kappa shape index (κ3) is 4.24. The molecule has 0 saturated heterocycles. The molecule has 0 amide bonds. The van der Waals surface area contributed by atoms with Crippen molar-refractivity contribution in [3.63, 3.8) is 0 Å². The molecule has 0 bridgehead atoms. The van der Waals surface area contributed by atoms with E-state index in [0.29, 0.717) is 0 Å². The molecule has 2 atom stereocenters. The first-order chi connectivity index (χ1) is 9.31. The topological polar surface area (TPSA) is 29.5 Å². The Morgan fingerprint density at radius 3 is 2.68 bits per heavy atom. The summed E-state index contributed by atoms with van der Waals surface area (Å²) in [5, 5.41) is 10.1. The molecule has 2 nitrogen and oxygen atoms in total. The molecule has 2 unspecified atom stereocenters. The lowest BCUT2D eigenvalue weighted by Gasteiger charge is -2.29. The summed E-state index contributed by atoms with van der Waals surface area (Å²) < 4.78 is 5.97. The SMILES string of the molecule is CCCCCCCCC1CC(O)c2ccccc2O1. The third-order valence-electron chi connectivity index (χ3n) is 3.94. The number of fused-ring (bicyclic) bond motifs is 1. The van der Waals surface area contributed by atoms with Gasteiger partial charge in [-0.2, -0.15) is 0 Å². The van der Waals surface area contributed by atoms with Crippen LogP contribution in [0.2, 0.25) is 0 Å². The highest BCUT2D eigenvalue weighted by Crippen LogP contribution is 2.35. The Labute approximate surface area is 116 Å². The summed E-state index contributed by atoms with van der Waals surface area (Å²) in [6.07, 6.45) is 9.49. The maximum atomic E-state index is 10.1. The molecule has 0 aromatic heterocycles. The monoisotopic (exact) mass is 262 g/mol. The van der Waals surface area contributed by atoms with Gasteiger partial charge in [-0.25, -0.2) is 0 Å². The zero-order chi connectivity index (χ0) is 13.5. The largest absolute Gasteiger partial charge is 0.490 e. The summed E-state index contributed by atoms with van der Waals surface area (Å²) in [6, 6.07) is 7.85. The van der Waals surface area contributed by atoms with Crippen LogP contribution in [-0.2, 0) is 0 Å². The van der Waals surface area contributed by atoms with Crippen molar-refractivity contribution in [2.45, 2.75) is 70.5 Å². The number of hydrogen-bond acceptors (Lipinski definition) is 2. The van der Waals surface area contributed by atoms with Crippen LogP contribution in [0.1, 0.15) is 70.0 Å². The zero-order valence-corrected chi connectivity index (χ0v) is 12.0. The molecule has 0 radical (unpaired) electrons. The summed E-state index contributed by atoms with van der Waals surface area (Å²) in [7, 11) is 0. The first kappa shape index (κ1) is 14.4. The lowest BCUT2D eigenvalue weighted by molar-refractivity contribution is 0.0605. The Morgan fingerprint density at radius 2 is 1.84 bits per heavy atom. The van der Waals surface area contributed by atoms with Crippen molar-refractivity contribution in [2.24, 2.45) is 0 Å². The van der Waals surface area contributed by atoms with E-state index in [1.807, 2.05) is 24.3 Å². The molecule has 1 aromatic rings. The minimum absolute atomic E-state index is 0.191. The number of benzene rings is 1. The van der Waals surface area contributed by atoms with Gasteiger partial charge in [-0.1, -0.05) is 57.2 Å². The van der Waals surface area contributed by atoms with Gasteiger partial charge in [-0.3, -0.25) is 0 Å². The van der Waals surface area contributed by atoms with Crippen LogP contribution in [0.3, 0.4) is 0 Å². The Hall–Kier alpha value is -1.02. The molecule has 1 aliphatic rings. The van der Waals surface area contributed by atoms with Crippen molar-refractivity contribution in [3.05, 3.63) is 29.8 Å². The summed E-state index contributed by atoms with van der Waals surface area (Å²) in [4.78, 5) is 0. The quantitative estimate of drug-likeness (QED) is 0.726. The van der Waals surface area contributed by atoms with Crippen LogP contribution in [0.5, 0.6) is 5.75 Å². The highest BCUT2D eigenvalue weighted by molar-refractivity contribution is 5.36. The Bertz CT molecular complexity index is 375. The van der Waals surface area contributed by atoms with Gasteiger partial charge in [0.15, 0.2) is 0 Å². The first-order valence-electron chi connectivity index (χ1n) is 7.75. The van der Waals surface area contributed by atoms with Gasteiger partial charge in [-0.05, 0) is 18.9 Å². The average Bonchev–Trinajstić information content (AvgIpc) is 2.43. The second-order valence-corrected chi connectivity index (χ2v) is 5.59. The predicted molar refractivity (Wildman–Crippen MR) is 78.4 cm³/mol. The molecule has 1 aliphatic heterocycles. The summed E-state index contributed by atoms with van der Waals surface area (Å²) in [5.41, 5.74) is 0.946. The van der Waals surface area contributed by atoms with Crippen LogP contribution in [0, 0.1) is 0 Å². The zero-order valence-electron chi connectivity index (χ0n) is 12.0. The third-order valence-corrected chi connectivity index (χ3v) is 3.94. The van der Waals surface area contributed by atoms with E-state index in [9.17, 15) is 5.11 Å². The fraction of sp³-hybridized carbons (Fsp3) is 0.647. The molecule has 1 heterocycles. The summed E-state index contributed by atoms with van der Waals surface area (Å²) in [6.45, 7) is 2.24. The van der Waals surface area contributed by atoms with Gasteiger partial charge < -0.3 is 9.84 Å². The van der Waals surface area contributed by atoms with Gasteiger partial charge in [0.25, 0.3) is 0 Å². The highest BCUT2D eigenvalue weighted by Gasteiger charge is 2.25. The normalized spacial score (nSPS) is 21.8. The van der Waals surface area contributed by atoms with Crippen LogP contribution in [0.25, 0.3) is 0 Å². The number of unbranched alkanes of at least 4 members (excludes halogenated alkanes) is 5. The standard InChI is InChI=1S/C17H26O2/c1-2-3-4-5-6-7-10-14-13-16(18)15-11-8-9-12-17(15)19-14/h8-9,11-12,14,16,18H,2-7,10,13H2,1H3. The van der Waals surface area contributed by atoms with E-state index in [4.69, 9.17) is 4.74 Å². The van der Waals surface area contributed by atoms with E-state index >= 15 is 0 Å². The molecule has 106 valence electrons. The van der Waals surface area contributed by atoms with Gasteiger partial charge in [0.2, 0.25) is 0 Å². The average molecular weight is 262 g/mol. The smallest absolute Gasteiger partial charge is 0.125 e. The van der Waals surface area contributed by atoms with E-state index in [2.05, 4.69) is 6.92 Å². The fourth-order valence-electron chi connectivity index (χ4n) is 2.80. The van der Waals surface area contributed by atoms with Crippen LogP contribution >= 0.6 is 0 Å². The van der Waals surface area contributed by atoms with Gasteiger partial charge in [0, 0.05) is 12.0 Å². The molecule has 0 fully saturated rings. The van der Waals surface area contributed by atoms with Crippen LogP contribution < -0.4 is 4.74 Å². The Kier molecular flexibility index (Phi) is 5.71. The molecule has 19 heavy (non-hydrogen) atoms. The molecule has 0 saturated carbocycles. The van der Waals surface area contributed by atoms with Crippen molar-refractivity contribution in [3.8, 4) is 5.75 Å². The lowest BCUT2D eigenvalue weighted by atomic mass is 9.96. The minimum Gasteiger partial charge on any atom is -0.490 e. The lowest BCUT2D eigenvalue weighted by Crippen LogP contribution is -2.25. The van der Waals surface area contributed by atoms with Crippen molar-refractivity contribution in [1.29, 1.82) is 0 Å². The van der Waals surface area contributed by atoms with Gasteiger partial charge >= 0.3 is 0 Å². The Morgan fingerprint density at radius 1 is 1.11 bits per heavy atom.